The lowest BCUT2D eigenvalue weighted by Crippen LogP contribution is -2.04. The largest absolute Gasteiger partial charge is 0.508 e. The lowest BCUT2D eigenvalue weighted by atomic mass is 9.94. The molecule has 1 atom stereocenters. The summed E-state index contributed by atoms with van der Waals surface area (Å²) in [5.41, 5.74) is 3.71. The molecule has 0 aliphatic rings. The van der Waals surface area contributed by atoms with Crippen LogP contribution in [0.3, 0.4) is 0 Å². The lowest BCUT2D eigenvalue weighted by Gasteiger charge is -2.14. The number of phenols is 1. The minimum absolute atomic E-state index is 0.363. The Bertz CT molecular complexity index is 297. The van der Waals surface area contributed by atoms with E-state index in [1.54, 1.807) is 0 Å². The van der Waals surface area contributed by atoms with Gasteiger partial charge in [-0.3, -0.25) is 0 Å². The van der Waals surface area contributed by atoms with Crippen LogP contribution in [0.5, 0.6) is 5.75 Å². The highest BCUT2D eigenvalue weighted by Gasteiger charge is 2.08. The molecule has 0 saturated heterocycles. The maximum atomic E-state index is 9.39. The molecule has 0 radical (unpaired) electrons. The van der Waals surface area contributed by atoms with Crippen molar-refractivity contribution >= 4 is 12.6 Å². The Labute approximate surface area is 91.6 Å². The van der Waals surface area contributed by atoms with Crippen molar-refractivity contribution in [3.63, 3.8) is 0 Å². The van der Waals surface area contributed by atoms with E-state index in [1.807, 2.05) is 26.0 Å². The SMILES string of the molecule is Cc1cc(O)cc(C)c1CC(C)CS. The zero-order chi connectivity index (χ0) is 10.7. The number of benzene rings is 1. The van der Waals surface area contributed by atoms with Gasteiger partial charge >= 0.3 is 0 Å². The van der Waals surface area contributed by atoms with Crippen molar-refractivity contribution in [2.24, 2.45) is 5.92 Å². The standard InChI is InChI=1S/C12H18OS/c1-8(7-14)4-12-9(2)5-11(13)6-10(12)3/h5-6,8,13-14H,4,7H2,1-3H3. The third-order valence-corrected chi connectivity index (χ3v) is 3.17. The first-order valence-electron chi connectivity index (χ1n) is 4.94. The summed E-state index contributed by atoms with van der Waals surface area (Å²) < 4.78 is 0. The molecule has 14 heavy (non-hydrogen) atoms. The Kier molecular flexibility index (Phi) is 3.87. The number of phenolic OH excluding ortho intramolecular Hbond substituents is 1. The third kappa shape index (κ3) is 2.68. The molecular weight excluding hydrogens is 192 g/mol. The second-order valence-corrected chi connectivity index (χ2v) is 4.42. The van der Waals surface area contributed by atoms with E-state index in [9.17, 15) is 5.11 Å². The number of hydrogen-bond acceptors (Lipinski definition) is 2. The van der Waals surface area contributed by atoms with Crippen molar-refractivity contribution < 1.29 is 5.11 Å². The molecule has 0 aliphatic carbocycles. The van der Waals surface area contributed by atoms with Crippen LogP contribution in [0.2, 0.25) is 0 Å². The molecule has 0 bridgehead atoms. The van der Waals surface area contributed by atoms with Crippen LogP contribution in [0.25, 0.3) is 0 Å². The summed E-state index contributed by atoms with van der Waals surface area (Å²) in [6.07, 6.45) is 1.04. The maximum Gasteiger partial charge on any atom is 0.116 e. The predicted octanol–water partition coefficient (Wildman–Crippen LogP) is 3.12. The molecule has 0 saturated carbocycles. The predicted molar refractivity (Wildman–Crippen MR) is 64.3 cm³/mol. The molecule has 78 valence electrons. The van der Waals surface area contributed by atoms with Crippen molar-refractivity contribution in [3.05, 3.63) is 28.8 Å². The Morgan fingerprint density at radius 2 is 1.79 bits per heavy atom. The van der Waals surface area contributed by atoms with Crippen molar-refractivity contribution in [1.82, 2.24) is 0 Å². The van der Waals surface area contributed by atoms with Gasteiger partial charge < -0.3 is 5.11 Å². The minimum Gasteiger partial charge on any atom is -0.508 e. The monoisotopic (exact) mass is 210 g/mol. The summed E-state index contributed by atoms with van der Waals surface area (Å²) in [5.74, 6) is 1.85. The van der Waals surface area contributed by atoms with Crippen LogP contribution in [0.15, 0.2) is 12.1 Å². The van der Waals surface area contributed by atoms with Crippen molar-refractivity contribution in [2.75, 3.05) is 5.75 Å². The summed E-state index contributed by atoms with van der Waals surface area (Å²) in [5, 5.41) is 9.39. The van der Waals surface area contributed by atoms with E-state index in [4.69, 9.17) is 0 Å². The first-order chi connectivity index (χ1) is 6.54. The fourth-order valence-corrected chi connectivity index (χ4v) is 1.83. The van der Waals surface area contributed by atoms with Crippen LogP contribution >= 0.6 is 12.6 Å². The molecular formula is C12H18OS. The summed E-state index contributed by atoms with van der Waals surface area (Å²) >= 11 is 4.29. The highest BCUT2D eigenvalue weighted by Crippen LogP contribution is 2.23. The van der Waals surface area contributed by atoms with Crippen LogP contribution < -0.4 is 0 Å². The van der Waals surface area contributed by atoms with Gasteiger partial charge in [-0.1, -0.05) is 6.92 Å². The van der Waals surface area contributed by atoms with E-state index in [1.165, 1.54) is 16.7 Å². The molecule has 1 aromatic rings. The van der Waals surface area contributed by atoms with Crippen LogP contribution in [0.4, 0.5) is 0 Å². The van der Waals surface area contributed by atoms with Crippen molar-refractivity contribution in [2.45, 2.75) is 27.2 Å². The molecule has 1 aromatic carbocycles. The Balaban J connectivity index is 2.96. The number of thiol groups is 1. The second kappa shape index (κ2) is 4.74. The molecule has 0 spiro atoms. The minimum atomic E-state index is 0.363. The Hall–Kier alpha value is -0.630. The van der Waals surface area contributed by atoms with Gasteiger partial charge in [-0.2, -0.15) is 12.6 Å². The molecule has 1 unspecified atom stereocenters. The average Bonchev–Trinajstić information content (AvgIpc) is 2.10. The van der Waals surface area contributed by atoms with Gasteiger partial charge in [-0.15, -0.1) is 0 Å². The number of rotatable bonds is 3. The first-order valence-corrected chi connectivity index (χ1v) is 5.57. The maximum absolute atomic E-state index is 9.39. The molecule has 1 nitrogen and oxygen atoms in total. The van der Waals surface area contributed by atoms with Gasteiger partial charge in [0.05, 0.1) is 0 Å². The quantitative estimate of drug-likeness (QED) is 0.734. The van der Waals surface area contributed by atoms with E-state index in [0.29, 0.717) is 11.7 Å². The van der Waals surface area contributed by atoms with Crippen LogP contribution in [0, 0.1) is 19.8 Å². The Morgan fingerprint density at radius 1 is 1.29 bits per heavy atom. The molecule has 2 heteroatoms. The third-order valence-electron chi connectivity index (χ3n) is 2.55. The summed E-state index contributed by atoms with van der Waals surface area (Å²) in [7, 11) is 0. The van der Waals surface area contributed by atoms with E-state index in [0.717, 1.165) is 12.2 Å². The van der Waals surface area contributed by atoms with Crippen LogP contribution in [-0.2, 0) is 6.42 Å². The van der Waals surface area contributed by atoms with Gasteiger partial charge in [0.25, 0.3) is 0 Å². The molecule has 0 heterocycles. The van der Waals surface area contributed by atoms with Gasteiger partial charge in [0, 0.05) is 0 Å². The summed E-state index contributed by atoms with van der Waals surface area (Å²) in [4.78, 5) is 0. The molecule has 0 aromatic heterocycles. The highest BCUT2D eigenvalue weighted by atomic mass is 32.1. The first kappa shape index (κ1) is 11.4. The molecule has 1 N–H and O–H groups in total. The number of hydrogen-bond donors (Lipinski definition) is 2. The van der Waals surface area contributed by atoms with Crippen molar-refractivity contribution in [3.8, 4) is 5.75 Å². The fourth-order valence-electron chi connectivity index (χ4n) is 1.71. The van der Waals surface area contributed by atoms with E-state index in [2.05, 4.69) is 19.6 Å². The second-order valence-electron chi connectivity index (χ2n) is 4.05. The molecule has 0 aliphatic heterocycles. The van der Waals surface area contributed by atoms with Gasteiger partial charge in [0.15, 0.2) is 0 Å². The normalized spacial score (nSPS) is 12.9. The van der Waals surface area contributed by atoms with Gasteiger partial charge in [0.1, 0.15) is 5.75 Å². The molecule has 0 amide bonds. The summed E-state index contributed by atoms with van der Waals surface area (Å²) in [6.45, 7) is 6.29. The highest BCUT2D eigenvalue weighted by molar-refractivity contribution is 7.80. The van der Waals surface area contributed by atoms with Crippen LogP contribution in [-0.4, -0.2) is 10.9 Å². The van der Waals surface area contributed by atoms with Crippen LogP contribution in [0.1, 0.15) is 23.6 Å². The van der Waals surface area contributed by atoms with E-state index < -0.39 is 0 Å². The summed E-state index contributed by atoms with van der Waals surface area (Å²) in [6, 6.07) is 3.65. The lowest BCUT2D eigenvalue weighted by molar-refractivity contribution is 0.473. The zero-order valence-corrected chi connectivity index (χ0v) is 9.94. The van der Waals surface area contributed by atoms with Gasteiger partial charge in [-0.25, -0.2) is 0 Å². The molecule has 0 fully saturated rings. The zero-order valence-electron chi connectivity index (χ0n) is 9.04. The van der Waals surface area contributed by atoms with E-state index >= 15 is 0 Å². The van der Waals surface area contributed by atoms with Crippen molar-refractivity contribution in [1.29, 1.82) is 0 Å². The average molecular weight is 210 g/mol. The molecule has 1 rings (SSSR count). The number of aromatic hydroxyl groups is 1. The Morgan fingerprint density at radius 3 is 2.21 bits per heavy atom. The fraction of sp³-hybridized carbons (Fsp3) is 0.500. The van der Waals surface area contributed by atoms with E-state index in [-0.39, 0.29) is 0 Å². The number of aryl methyl sites for hydroxylation is 2. The van der Waals surface area contributed by atoms with Gasteiger partial charge in [-0.05, 0) is 60.8 Å². The van der Waals surface area contributed by atoms with Gasteiger partial charge in [0.2, 0.25) is 0 Å². The smallest absolute Gasteiger partial charge is 0.116 e. The topological polar surface area (TPSA) is 20.2 Å².